The summed E-state index contributed by atoms with van der Waals surface area (Å²) in [5.74, 6) is 0. The summed E-state index contributed by atoms with van der Waals surface area (Å²) >= 11 is 0. The third-order valence-corrected chi connectivity index (χ3v) is 4.98. The minimum Gasteiger partial charge on any atom is -0.393 e. The van der Waals surface area contributed by atoms with Crippen molar-refractivity contribution in [2.75, 3.05) is 19.5 Å². The summed E-state index contributed by atoms with van der Waals surface area (Å²) < 4.78 is 27.2. The third kappa shape index (κ3) is 0.815. The van der Waals surface area contributed by atoms with Gasteiger partial charge in [0.15, 0.2) is 9.84 Å². The highest BCUT2D eigenvalue weighted by Crippen LogP contribution is 2.55. The van der Waals surface area contributed by atoms with Crippen molar-refractivity contribution in [1.82, 2.24) is 0 Å². The molecule has 0 aromatic carbocycles. The predicted octanol–water partition coefficient (Wildman–Crippen LogP) is -0.675. The van der Waals surface area contributed by atoms with E-state index in [1.54, 1.807) is 0 Å². The number of sulfone groups is 1. The molecule has 0 radical (unpaired) electrons. The van der Waals surface area contributed by atoms with Crippen LogP contribution in [0.3, 0.4) is 0 Å². The van der Waals surface area contributed by atoms with Gasteiger partial charge in [0.2, 0.25) is 0 Å². The molecule has 3 aliphatic rings. The van der Waals surface area contributed by atoms with Crippen LogP contribution in [0, 0.1) is 0 Å². The molecule has 1 aliphatic carbocycles. The number of ether oxygens (including phenoxy) is 1. The molecule has 1 saturated carbocycles. The Bertz CT molecular complexity index is 299. The van der Waals surface area contributed by atoms with Crippen LogP contribution in [-0.4, -0.2) is 43.3 Å². The van der Waals surface area contributed by atoms with Crippen LogP contribution in [0.2, 0.25) is 0 Å². The second kappa shape index (κ2) is 2.02. The van der Waals surface area contributed by atoms with Crippen molar-refractivity contribution >= 4 is 9.84 Å². The molecule has 2 bridgehead atoms. The van der Waals surface area contributed by atoms with Gasteiger partial charge in [0, 0.05) is 19.1 Å². The Hall–Kier alpha value is -0.130. The molecule has 12 heavy (non-hydrogen) atoms. The van der Waals surface area contributed by atoms with E-state index in [9.17, 15) is 8.42 Å². The van der Waals surface area contributed by atoms with Gasteiger partial charge in [-0.1, -0.05) is 0 Å². The van der Waals surface area contributed by atoms with Crippen LogP contribution in [-0.2, 0) is 14.6 Å². The van der Waals surface area contributed by atoms with Gasteiger partial charge in [0.05, 0.1) is 18.8 Å². The van der Waals surface area contributed by atoms with Gasteiger partial charge >= 0.3 is 0 Å². The van der Waals surface area contributed by atoms with E-state index in [1.165, 1.54) is 6.26 Å². The topological polar surface area (TPSA) is 63.6 Å². The standard InChI is InChI=1S/C7H12O4S/c1-12(9,10)7-2-6(3-7,4-8)11-5-7/h8H,2-5H2,1H3. The highest BCUT2D eigenvalue weighted by molar-refractivity contribution is 7.92. The molecule has 3 fully saturated rings. The largest absolute Gasteiger partial charge is 0.393 e. The summed E-state index contributed by atoms with van der Waals surface area (Å²) in [6.45, 7) is 0.191. The summed E-state index contributed by atoms with van der Waals surface area (Å²) in [7, 11) is -3.02. The molecule has 3 rings (SSSR count). The molecule has 0 atom stereocenters. The minimum absolute atomic E-state index is 0.0652. The molecule has 0 spiro atoms. The zero-order chi connectivity index (χ0) is 9.04. The van der Waals surface area contributed by atoms with Crippen molar-refractivity contribution < 1.29 is 18.3 Å². The maximum absolute atomic E-state index is 11.3. The van der Waals surface area contributed by atoms with Crippen molar-refractivity contribution in [3.8, 4) is 0 Å². The van der Waals surface area contributed by atoms with E-state index in [0.717, 1.165) is 0 Å². The number of aliphatic hydroxyl groups is 1. The van der Waals surface area contributed by atoms with Crippen molar-refractivity contribution in [3.05, 3.63) is 0 Å². The first-order valence-corrected chi connectivity index (χ1v) is 5.77. The fraction of sp³-hybridized carbons (Fsp3) is 1.00. The van der Waals surface area contributed by atoms with E-state index in [0.29, 0.717) is 12.8 Å². The van der Waals surface area contributed by atoms with Crippen molar-refractivity contribution in [3.63, 3.8) is 0 Å². The molecule has 0 aromatic heterocycles. The molecule has 70 valence electrons. The van der Waals surface area contributed by atoms with Crippen LogP contribution in [0.25, 0.3) is 0 Å². The van der Waals surface area contributed by atoms with Gasteiger partial charge in [-0.05, 0) is 0 Å². The summed E-state index contributed by atoms with van der Waals surface area (Å²) in [5, 5.41) is 8.92. The summed E-state index contributed by atoms with van der Waals surface area (Å²) in [5.41, 5.74) is -0.525. The number of aliphatic hydroxyl groups excluding tert-OH is 1. The molecule has 0 amide bonds. The second-order valence-electron chi connectivity index (χ2n) is 3.94. The van der Waals surface area contributed by atoms with Gasteiger partial charge in [0.1, 0.15) is 4.75 Å². The van der Waals surface area contributed by atoms with Crippen LogP contribution < -0.4 is 0 Å². The van der Waals surface area contributed by atoms with Gasteiger partial charge < -0.3 is 9.84 Å². The molecule has 2 aliphatic heterocycles. The van der Waals surface area contributed by atoms with Crippen LogP contribution >= 0.6 is 0 Å². The molecule has 4 nitrogen and oxygen atoms in total. The third-order valence-electron chi connectivity index (χ3n) is 3.00. The first kappa shape index (κ1) is 8.47. The Morgan fingerprint density at radius 1 is 1.50 bits per heavy atom. The highest BCUT2D eigenvalue weighted by Gasteiger charge is 2.67. The maximum atomic E-state index is 11.3. The Labute approximate surface area is 71.5 Å². The quantitative estimate of drug-likeness (QED) is 0.630. The Balaban J connectivity index is 2.26. The lowest BCUT2D eigenvalue weighted by Gasteiger charge is -2.41. The van der Waals surface area contributed by atoms with Crippen LogP contribution in [0.5, 0.6) is 0 Å². The SMILES string of the molecule is CS(=O)(=O)C12COC(CO)(C1)C2. The molecule has 5 heteroatoms. The maximum Gasteiger partial charge on any atom is 0.155 e. The molecule has 2 heterocycles. The Morgan fingerprint density at radius 3 is 2.33 bits per heavy atom. The smallest absolute Gasteiger partial charge is 0.155 e. The Morgan fingerprint density at radius 2 is 2.08 bits per heavy atom. The monoisotopic (exact) mass is 192 g/mol. The van der Waals surface area contributed by atoms with Crippen LogP contribution in [0.1, 0.15) is 12.8 Å². The highest BCUT2D eigenvalue weighted by atomic mass is 32.2. The van der Waals surface area contributed by atoms with Gasteiger partial charge in [0.25, 0.3) is 0 Å². The molecule has 0 unspecified atom stereocenters. The summed E-state index contributed by atoms with van der Waals surface area (Å²) in [6, 6.07) is 0. The summed E-state index contributed by atoms with van der Waals surface area (Å²) in [6.07, 6.45) is 2.17. The van der Waals surface area contributed by atoms with Crippen molar-refractivity contribution in [2.45, 2.75) is 23.2 Å². The first-order chi connectivity index (χ1) is 5.43. The lowest BCUT2D eigenvalue weighted by Crippen LogP contribution is -2.55. The first-order valence-electron chi connectivity index (χ1n) is 3.88. The zero-order valence-corrected chi connectivity index (χ0v) is 7.73. The van der Waals surface area contributed by atoms with Gasteiger partial charge in [-0.2, -0.15) is 0 Å². The second-order valence-corrected chi connectivity index (χ2v) is 6.35. The summed E-state index contributed by atoms with van der Waals surface area (Å²) in [4.78, 5) is 0. The average molecular weight is 192 g/mol. The molecular weight excluding hydrogens is 180 g/mol. The van der Waals surface area contributed by atoms with E-state index in [4.69, 9.17) is 9.84 Å². The Kier molecular flexibility index (Phi) is 1.43. The molecular formula is C7H12O4S. The van der Waals surface area contributed by atoms with E-state index in [2.05, 4.69) is 0 Å². The van der Waals surface area contributed by atoms with Crippen molar-refractivity contribution in [1.29, 1.82) is 0 Å². The average Bonchev–Trinajstić information content (AvgIpc) is 2.37. The fourth-order valence-corrected chi connectivity index (χ4v) is 3.46. The van der Waals surface area contributed by atoms with Gasteiger partial charge in [-0.15, -0.1) is 0 Å². The van der Waals surface area contributed by atoms with E-state index in [-0.39, 0.29) is 13.2 Å². The number of fused-ring (bicyclic) bond motifs is 1. The van der Waals surface area contributed by atoms with Gasteiger partial charge in [-0.3, -0.25) is 0 Å². The number of rotatable bonds is 2. The fourth-order valence-electron chi connectivity index (χ4n) is 2.14. The predicted molar refractivity (Wildman–Crippen MR) is 42.6 cm³/mol. The van der Waals surface area contributed by atoms with Gasteiger partial charge in [-0.25, -0.2) is 8.42 Å². The lowest BCUT2D eigenvalue weighted by molar-refractivity contribution is -0.0416. The van der Waals surface area contributed by atoms with E-state index < -0.39 is 20.2 Å². The lowest BCUT2D eigenvalue weighted by atomic mass is 9.74. The number of hydrogen-bond donors (Lipinski definition) is 1. The minimum atomic E-state index is -3.02. The van der Waals surface area contributed by atoms with Crippen LogP contribution in [0.4, 0.5) is 0 Å². The normalized spacial score (nSPS) is 45.8. The molecule has 0 aromatic rings. The molecule has 2 saturated heterocycles. The van der Waals surface area contributed by atoms with E-state index in [1.807, 2.05) is 0 Å². The van der Waals surface area contributed by atoms with E-state index >= 15 is 0 Å². The number of hydrogen-bond acceptors (Lipinski definition) is 4. The zero-order valence-electron chi connectivity index (χ0n) is 6.91. The van der Waals surface area contributed by atoms with Crippen LogP contribution in [0.15, 0.2) is 0 Å². The van der Waals surface area contributed by atoms with Crippen molar-refractivity contribution in [2.24, 2.45) is 0 Å². The molecule has 1 N–H and O–H groups in total.